The van der Waals surface area contributed by atoms with Crippen LogP contribution in [0, 0.1) is 6.92 Å². The van der Waals surface area contributed by atoms with Gasteiger partial charge in [-0.05, 0) is 29.7 Å². The van der Waals surface area contributed by atoms with Gasteiger partial charge in [-0.2, -0.15) is 0 Å². The van der Waals surface area contributed by atoms with Crippen LogP contribution in [-0.4, -0.2) is 4.98 Å². The monoisotopic (exact) mass is 228 g/mol. The first-order valence-electron chi connectivity index (χ1n) is 5.44. The van der Waals surface area contributed by atoms with Crippen molar-refractivity contribution < 1.29 is 0 Å². The Hall–Kier alpha value is -1.91. The van der Waals surface area contributed by atoms with Crippen LogP contribution in [0.5, 0.6) is 0 Å². The molecular weight excluding hydrogens is 212 g/mol. The van der Waals surface area contributed by atoms with Crippen molar-refractivity contribution in [2.75, 3.05) is 5.73 Å². The van der Waals surface area contributed by atoms with Crippen molar-refractivity contribution in [3.63, 3.8) is 0 Å². The maximum absolute atomic E-state index is 5.96. The fourth-order valence-corrected chi connectivity index (χ4v) is 1.88. The number of nitrogens with two attached hydrogens (primary N) is 2. The first-order valence-corrected chi connectivity index (χ1v) is 5.44. The molecule has 88 valence electrons. The molecule has 0 bridgehead atoms. The molecule has 0 aliphatic rings. The molecule has 1 aromatic heterocycles. The quantitative estimate of drug-likeness (QED) is 0.423. The summed E-state index contributed by atoms with van der Waals surface area (Å²) in [5.41, 5.74) is 12.5. The fraction of sp³-hybridized carbons (Fsp3) is 0.154. The zero-order valence-corrected chi connectivity index (χ0v) is 9.72. The Labute approximate surface area is 101 Å². The van der Waals surface area contributed by atoms with E-state index in [4.69, 9.17) is 11.6 Å². The number of nitrogens with one attached hydrogen (secondary N) is 1. The van der Waals surface area contributed by atoms with Gasteiger partial charge in [-0.3, -0.25) is 10.8 Å². The molecule has 17 heavy (non-hydrogen) atoms. The third-order valence-electron chi connectivity index (χ3n) is 2.70. The highest BCUT2D eigenvalue weighted by Gasteiger charge is 2.14. The fourth-order valence-electron chi connectivity index (χ4n) is 1.88. The number of benzene rings is 1. The van der Waals surface area contributed by atoms with E-state index in [9.17, 15) is 0 Å². The van der Waals surface area contributed by atoms with Crippen LogP contribution in [0.4, 0.5) is 5.69 Å². The highest BCUT2D eigenvalue weighted by molar-refractivity contribution is 5.51. The van der Waals surface area contributed by atoms with Gasteiger partial charge in [0.1, 0.15) is 0 Å². The number of aryl methyl sites for hydroxylation is 1. The standard InChI is InChI=1S/C13H16N4/c1-9-6-10(8-16-7-9)13(17-15)11-4-2-3-5-12(11)14/h2-8,13,17H,14-15H2,1H3. The van der Waals surface area contributed by atoms with Crippen LogP contribution >= 0.6 is 0 Å². The van der Waals surface area contributed by atoms with Crippen molar-refractivity contribution in [2.45, 2.75) is 13.0 Å². The van der Waals surface area contributed by atoms with Crippen LogP contribution in [0.15, 0.2) is 42.7 Å². The molecule has 1 atom stereocenters. The lowest BCUT2D eigenvalue weighted by atomic mass is 9.98. The largest absolute Gasteiger partial charge is 0.398 e. The number of hydrogen-bond donors (Lipinski definition) is 3. The van der Waals surface area contributed by atoms with Crippen molar-refractivity contribution in [1.82, 2.24) is 10.4 Å². The Morgan fingerprint density at radius 1 is 1.24 bits per heavy atom. The summed E-state index contributed by atoms with van der Waals surface area (Å²) in [4.78, 5) is 4.17. The van der Waals surface area contributed by atoms with Crippen molar-refractivity contribution in [3.8, 4) is 0 Å². The highest BCUT2D eigenvalue weighted by Crippen LogP contribution is 2.25. The summed E-state index contributed by atoms with van der Waals surface area (Å²) < 4.78 is 0. The van der Waals surface area contributed by atoms with Crippen molar-refractivity contribution >= 4 is 5.69 Å². The Kier molecular flexibility index (Phi) is 3.37. The molecule has 0 aliphatic heterocycles. The molecule has 0 saturated heterocycles. The maximum Gasteiger partial charge on any atom is 0.0745 e. The molecule has 5 N–H and O–H groups in total. The van der Waals surface area contributed by atoms with Gasteiger partial charge >= 0.3 is 0 Å². The molecule has 2 aromatic rings. The van der Waals surface area contributed by atoms with Gasteiger partial charge in [0, 0.05) is 18.1 Å². The molecule has 0 aliphatic carbocycles. The summed E-state index contributed by atoms with van der Waals surface area (Å²) in [5, 5.41) is 0. The molecule has 0 saturated carbocycles. The average Bonchev–Trinajstić information content (AvgIpc) is 2.33. The molecule has 0 fully saturated rings. The van der Waals surface area contributed by atoms with Crippen LogP contribution in [0.25, 0.3) is 0 Å². The number of pyridine rings is 1. The van der Waals surface area contributed by atoms with Crippen LogP contribution < -0.4 is 17.0 Å². The van der Waals surface area contributed by atoms with E-state index < -0.39 is 0 Å². The normalized spacial score (nSPS) is 12.4. The third kappa shape index (κ3) is 2.43. The zero-order chi connectivity index (χ0) is 12.3. The number of aromatic nitrogens is 1. The Morgan fingerprint density at radius 2 is 2.00 bits per heavy atom. The molecule has 1 aromatic carbocycles. The topological polar surface area (TPSA) is 77.0 Å². The first-order chi connectivity index (χ1) is 8.22. The summed E-state index contributed by atoms with van der Waals surface area (Å²) in [6.07, 6.45) is 3.61. The van der Waals surface area contributed by atoms with Gasteiger partial charge in [-0.1, -0.05) is 24.3 Å². The lowest BCUT2D eigenvalue weighted by Gasteiger charge is -2.18. The first kappa shape index (κ1) is 11.6. The van der Waals surface area contributed by atoms with E-state index in [2.05, 4.69) is 10.4 Å². The number of nitrogens with zero attached hydrogens (tertiary/aromatic N) is 1. The highest BCUT2D eigenvalue weighted by atomic mass is 15.2. The van der Waals surface area contributed by atoms with E-state index in [-0.39, 0.29) is 6.04 Å². The van der Waals surface area contributed by atoms with E-state index in [0.717, 1.165) is 22.4 Å². The van der Waals surface area contributed by atoms with Gasteiger partial charge in [-0.25, -0.2) is 5.43 Å². The van der Waals surface area contributed by atoms with Gasteiger partial charge < -0.3 is 5.73 Å². The van der Waals surface area contributed by atoms with Gasteiger partial charge in [-0.15, -0.1) is 0 Å². The number of nitrogen functional groups attached to an aromatic ring is 1. The van der Waals surface area contributed by atoms with E-state index >= 15 is 0 Å². The minimum absolute atomic E-state index is 0.136. The van der Waals surface area contributed by atoms with Gasteiger partial charge in [0.05, 0.1) is 6.04 Å². The summed E-state index contributed by atoms with van der Waals surface area (Å²) in [6, 6.07) is 9.58. The molecule has 4 nitrogen and oxygen atoms in total. The van der Waals surface area contributed by atoms with Crippen molar-refractivity contribution in [3.05, 3.63) is 59.4 Å². The molecule has 0 amide bonds. The van der Waals surface area contributed by atoms with Crippen LogP contribution in [0.1, 0.15) is 22.7 Å². The third-order valence-corrected chi connectivity index (χ3v) is 2.70. The molecule has 1 unspecified atom stereocenters. The lowest BCUT2D eigenvalue weighted by Crippen LogP contribution is -2.29. The predicted octanol–water partition coefficient (Wildman–Crippen LogP) is 1.52. The Bertz CT molecular complexity index is 510. The number of para-hydroxylation sites is 1. The molecule has 2 rings (SSSR count). The molecule has 4 heteroatoms. The van der Waals surface area contributed by atoms with Crippen molar-refractivity contribution in [2.24, 2.45) is 5.84 Å². The second-order valence-corrected chi connectivity index (χ2v) is 4.02. The van der Waals surface area contributed by atoms with Crippen LogP contribution in [0.2, 0.25) is 0 Å². The summed E-state index contributed by atoms with van der Waals surface area (Å²) in [6.45, 7) is 2.00. The van der Waals surface area contributed by atoms with E-state index in [1.165, 1.54) is 0 Å². The van der Waals surface area contributed by atoms with Gasteiger partial charge in [0.15, 0.2) is 0 Å². The summed E-state index contributed by atoms with van der Waals surface area (Å²) >= 11 is 0. The van der Waals surface area contributed by atoms with E-state index in [1.807, 2.05) is 43.5 Å². The minimum atomic E-state index is -0.136. The van der Waals surface area contributed by atoms with E-state index in [1.54, 1.807) is 6.20 Å². The van der Waals surface area contributed by atoms with Crippen LogP contribution in [0.3, 0.4) is 0 Å². The molecule has 0 spiro atoms. The SMILES string of the molecule is Cc1cncc(C(NN)c2ccccc2N)c1. The zero-order valence-electron chi connectivity index (χ0n) is 9.72. The minimum Gasteiger partial charge on any atom is -0.398 e. The second kappa shape index (κ2) is 4.95. The van der Waals surface area contributed by atoms with Gasteiger partial charge in [0.2, 0.25) is 0 Å². The number of anilines is 1. The smallest absolute Gasteiger partial charge is 0.0745 e. The molecule has 1 heterocycles. The van der Waals surface area contributed by atoms with Gasteiger partial charge in [0.25, 0.3) is 0 Å². The summed E-state index contributed by atoms with van der Waals surface area (Å²) in [5.74, 6) is 5.62. The maximum atomic E-state index is 5.96. The Balaban J connectivity index is 2.44. The second-order valence-electron chi connectivity index (χ2n) is 4.02. The lowest BCUT2D eigenvalue weighted by molar-refractivity contribution is 0.636. The van der Waals surface area contributed by atoms with E-state index in [0.29, 0.717) is 0 Å². The number of hydrazine groups is 1. The predicted molar refractivity (Wildman–Crippen MR) is 69.0 cm³/mol. The number of hydrogen-bond acceptors (Lipinski definition) is 4. The number of rotatable bonds is 3. The van der Waals surface area contributed by atoms with Crippen LogP contribution in [-0.2, 0) is 0 Å². The molecular formula is C13H16N4. The Morgan fingerprint density at radius 3 is 2.65 bits per heavy atom. The van der Waals surface area contributed by atoms with Crippen molar-refractivity contribution in [1.29, 1.82) is 0 Å². The molecule has 0 radical (unpaired) electrons. The average molecular weight is 228 g/mol. The summed E-state index contributed by atoms with van der Waals surface area (Å²) in [7, 11) is 0.